The molecular weight excluding hydrogens is 322 g/mol. The van der Waals surface area contributed by atoms with Crippen LogP contribution < -0.4 is 14.8 Å². The summed E-state index contributed by atoms with van der Waals surface area (Å²) in [5.41, 5.74) is 1.12. The Kier molecular flexibility index (Phi) is 5.49. The van der Waals surface area contributed by atoms with Crippen LogP contribution in [0.2, 0.25) is 0 Å². The first-order valence-electron chi connectivity index (χ1n) is 6.47. The van der Waals surface area contributed by atoms with Crippen LogP contribution in [0, 0.1) is 0 Å². The van der Waals surface area contributed by atoms with E-state index in [0.29, 0.717) is 13.2 Å². The largest absolute Gasteiger partial charge is 0.492 e. The highest BCUT2D eigenvalue weighted by Gasteiger charge is 2.11. The van der Waals surface area contributed by atoms with Crippen molar-refractivity contribution in [2.75, 3.05) is 13.7 Å². The standard InChI is InChI=1S/C15H18BrNO3/c1-3-19-14-8-11(7-13(16)15(14)18-2)9-17-10-12-5-4-6-20-12/h4-8,17H,3,9-10H2,1-2H3. The Morgan fingerprint density at radius 2 is 2.15 bits per heavy atom. The first-order chi connectivity index (χ1) is 9.74. The molecule has 0 saturated carbocycles. The molecule has 0 radical (unpaired) electrons. The van der Waals surface area contributed by atoms with Crippen LogP contribution >= 0.6 is 15.9 Å². The SMILES string of the molecule is CCOc1cc(CNCc2ccco2)cc(Br)c1OC. The highest BCUT2D eigenvalue weighted by molar-refractivity contribution is 9.10. The molecule has 108 valence electrons. The Hall–Kier alpha value is -1.46. The maximum atomic E-state index is 5.60. The van der Waals surface area contributed by atoms with Crippen molar-refractivity contribution in [3.05, 3.63) is 46.3 Å². The molecule has 0 aliphatic heterocycles. The molecule has 0 atom stereocenters. The predicted molar refractivity (Wildman–Crippen MR) is 81.1 cm³/mol. The molecule has 4 nitrogen and oxygen atoms in total. The summed E-state index contributed by atoms with van der Waals surface area (Å²) in [5.74, 6) is 2.39. The Balaban J connectivity index is 2.03. The lowest BCUT2D eigenvalue weighted by Crippen LogP contribution is -2.12. The molecule has 1 aromatic heterocycles. The van der Waals surface area contributed by atoms with E-state index in [0.717, 1.165) is 33.8 Å². The van der Waals surface area contributed by atoms with Gasteiger partial charge in [0.15, 0.2) is 11.5 Å². The van der Waals surface area contributed by atoms with Gasteiger partial charge < -0.3 is 19.2 Å². The number of halogens is 1. The summed E-state index contributed by atoms with van der Waals surface area (Å²) in [5, 5.41) is 3.33. The van der Waals surface area contributed by atoms with Gasteiger partial charge >= 0.3 is 0 Å². The maximum Gasteiger partial charge on any atom is 0.174 e. The predicted octanol–water partition coefficient (Wildman–Crippen LogP) is 3.74. The van der Waals surface area contributed by atoms with Gasteiger partial charge in [-0.3, -0.25) is 0 Å². The smallest absolute Gasteiger partial charge is 0.174 e. The molecule has 0 aliphatic carbocycles. The lowest BCUT2D eigenvalue weighted by molar-refractivity contribution is 0.309. The summed E-state index contributed by atoms with van der Waals surface area (Å²) in [6.07, 6.45) is 1.67. The van der Waals surface area contributed by atoms with Crippen LogP contribution in [0.5, 0.6) is 11.5 Å². The highest BCUT2D eigenvalue weighted by Crippen LogP contribution is 2.36. The lowest BCUT2D eigenvalue weighted by Gasteiger charge is -2.13. The summed E-state index contributed by atoms with van der Waals surface area (Å²) < 4.78 is 17.1. The fourth-order valence-corrected chi connectivity index (χ4v) is 2.58. The Labute approximate surface area is 127 Å². The van der Waals surface area contributed by atoms with Crippen molar-refractivity contribution in [3.63, 3.8) is 0 Å². The molecule has 1 N–H and O–H groups in total. The van der Waals surface area contributed by atoms with Crippen molar-refractivity contribution in [2.45, 2.75) is 20.0 Å². The summed E-state index contributed by atoms with van der Waals surface area (Å²) in [7, 11) is 1.64. The van der Waals surface area contributed by atoms with Gasteiger partial charge in [0.05, 0.1) is 31.0 Å². The lowest BCUT2D eigenvalue weighted by atomic mass is 10.2. The minimum absolute atomic E-state index is 0.603. The zero-order valence-corrected chi connectivity index (χ0v) is 13.2. The Morgan fingerprint density at radius 1 is 1.30 bits per heavy atom. The number of hydrogen-bond donors (Lipinski definition) is 1. The van der Waals surface area contributed by atoms with Gasteiger partial charge in [-0.25, -0.2) is 0 Å². The molecule has 0 aliphatic rings. The molecule has 2 aromatic rings. The van der Waals surface area contributed by atoms with E-state index in [-0.39, 0.29) is 0 Å². The number of furan rings is 1. The van der Waals surface area contributed by atoms with E-state index in [2.05, 4.69) is 21.2 Å². The molecule has 0 bridgehead atoms. The fraction of sp³-hybridized carbons (Fsp3) is 0.333. The normalized spacial score (nSPS) is 10.6. The second-order valence-electron chi connectivity index (χ2n) is 4.22. The van der Waals surface area contributed by atoms with Gasteiger partial charge in [-0.15, -0.1) is 0 Å². The minimum Gasteiger partial charge on any atom is -0.492 e. The number of rotatable bonds is 7. The topological polar surface area (TPSA) is 43.6 Å². The van der Waals surface area contributed by atoms with Gasteiger partial charge in [0.2, 0.25) is 0 Å². The Morgan fingerprint density at radius 3 is 2.80 bits per heavy atom. The van der Waals surface area contributed by atoms with E-state index >= 15 is 0 Å². The number of nitrogens with one attached hydrogen (secondary N) is 1. The van der Waals surface area contributed by atoms with E-state index in [4.69, 9.17) is 13.9 Å². The van der Waals surface area contributed by atoms with Gasteiger partial charge in [-0.05, 0) is 52.7 Å². The van der Waals surface area contributed by atoms with Crippen LogP contribution in [-0.2, 0) is 13.1 Å². The zero-order chi connectivity index (χ0) is 14.4. The molecule has 2 rings (SSSR count). The van der Waals surface area contributed by atoms with Crippen molar-refractivity contribution in [3.8, 4) is 11.5 Å². The third-order valence-electron chi connectivity index (χ3n) is 2.78. The number of ether oxygens (including phenoxy) is 2. The number of benzene rings is 1. The van der Waals surface area contributed by atoms with Crippen LogP contribution in [0.15, 0.2) is 39.4 Å². The fourth-order valence-electron chi connectivity index (χ4n) is 1.93. The number of hydrogen-bond acceptors (Lipinski definition) is 4. The average molecular weight is 340 g/mol. The molecule has 0 spiro atoms. The van der Waals surface area contributed by atoms with Crippen LogP contribution in [0.4, 0.5) is 0 Å². The highest BCUT2D eigenvalue weighted by atomic mass is 79.9. The van der Waals surface area contributed by atoms with E-state index in [9.17, 15) is 0 Å². The molecule has 5 heteroatoms. The molecular formula is C15H18BrNO3. The summed E-state index contributed by atoms with van der Waals surface area (Å²) in [6.45, 7) is 3.98. The van der Waals surface area contributed by atoms with E-state index in [1.807, 2.05) is 31.2 Å². The van der Waals surface area contributed by atoms with E-state index in [1.165, 1.54) is 0 Å². The molecule has 20 heavy (non-hydrogen) atoms. The van der Waals surface area contributed by atoms with Crippen molar-refractivity contribution < 1.29 is 13.9 Å². The quantitative estimate of drug-likeness (QED) is 0.834. The average Bonchev–Trinajstić information content (AvgIpc) is 2.92. The first kappa shape index (κ1) is 14.9. The molecule has 0 fully saturated rings. The molecule has 0 amide bonds. The van der Waals surface area contributed by atoms with Crippen LogP contribution in [0.3, 0.4) is 0 Å². The number of methoxy groups -OCH3 is 1. The van der Waals surface area contributed by atoms with Gasteiger partial charge in [0.1, 0.15) is 5.76 Å². The third-order valence-corrected chi connectivity index (χ3v) is 3.37. The van der Waals surface area contributed by atoms with Crippen molar-refractivity contribution >= 4 is 15.9 Å². The molecule has 0 unspecified atom stereocenters. The zero-order valence-electron chi connectivity index (χ0n) is 11.6. The Bertz CT molecular complexity index is 540. The monoisotopic (exact) mass is 339 g/mol. The van der Waals surface area contributed by atoms with Crippen molar-refractivity contribution in [1.82, 2.24) is 5.32 Å². The summed E-state index contributed by atoms with van der Waals surface area (Å²) >= 11 is 3.51. The second-order valence-corrected chi connectivity index (χ2v) is 5.08. The van der Waals surface area contributed by atoms with E-state index in [1.54, 1.807) is 13.4 Å². The summed E-state index contributed by atoms with van der Waals surface area (Å²) in [4.78, 5) is 0. The van der Waals surface area contributed by atoms with Gasteiger partial charge in [0.25, 0.3) is 0 Å². The molecule has 0 saturated heterocycles. The third kappa shape index (κ3) is 3.77. The van der Waals surface area contributed by atoms with Crippen LogP contribution in [0.1, 0.15) is 18.2 Å². The summed E-state index contributed by atoms with van der Waals surface area (Å²) in [6, 6.07) is 7.84. The molecule has 1 heterocycles. The van der Waals surface area contributed by atoms with Crippen molar-refractivity contribution in [1.29, 1.82) is 0 Å². The second kappa shape index (κ2) is 7.36. The van der Waals surface area contributed by atoms with Gasteiger partial charge in [-0.2, -0.15) is 0 Å². The van der Waals surface area contributed by atoms with Gasteiger partial charge in [-0.1, -0.05) is 0 Å². The minimum atomic E-state index is 0.603. The van der Waals surface area contributed by atoms with Crippen LogP contribution in [0.25, 0.3) is 0 Å². The van der Waals surface area contributed by atoms with Crippen LogP contribution in [-0.4, -0.2) is 13.7 Å². The van der Waals surface area contributed by atoms with E-state index < -0.39 is 0 Å². The molecule has 1 aromatic carbocycles. The first-order valence-corrected chi connectivity index (χ1v) is 7.26. The maximum absolute atomic E-state index is 5.60. The van der Waals surface area contributed by atoms with Gasteiger partial charge in [0, 0.05) is 6.54 Å². The van der Waals surface area contributed by atoms with Crippen molar-refractivity contribution in [2.24, 2.45) is 0 Å².